The quantitative estimate of drug-likeness (QED) is 0.724. The van der Waals surface area contributed by atoms with Gasteiger partial charge in [-0.05, 0) is 57.5 Å². The number of rotatable bonds is 3. The fraction of sp³-hybridized carbons (Fsp3) is 0.867. The molecule has 5 heteroatoms. The molecule has 2 saturated carbocycles. The molecular formula is C15H24N2O3. The molecule has 1 aliphatic heterocycles. The van der Waals surface area contributed by atoms with Gasteiger partial charge < -0.3 is 15.7 Å². The molecule has 5 nitrogen and oxygen atoms in total. The molecule has 3 unspecified atom stereocenters. The highest BCUT2D eigenvalue weighted by atomic mass is 16.4. The summed E-state index contributed by atoms with van der Waals surface area (Å²) in [6.45, 7) is 3.76. The van der Waals surface area contributed by atoms with Gasteiger partial charge >= 0.3 is 5.97 Å². The van der Waals surface area contributed by atoms with E-state index in [1.807, 2.05) is 0 Å². The summed E-state index contributed by atoms with van der Waals surface area (Å²) in [7, 11) is 0. The summed E-state index contributed by atoms with van der Waals surface area (Å²) in [6.07, 6.45) is 5.46. The first kappa shape index (κ1) is 13.9. The lowest BCUT2D eigenvalue weighted by molar-refractivity contribution is -0.149. The van der Waals surface area contributed by atoms with Gasteiger partial charge in [0, 0.05) is 12.0 Å². The van der Waals surface area contributed by atoms with Crippen molar-refractivity contribution in [2.24, 2.45) is 16.7 Å². The molecule has 1 saturated heterocycles. The number of nitrogens with one attached hydrogen (secondary N) is 2. The number of carbonyl (C=O) groups excluding carboxylic acids is 1. The number of hydrogen-bond acceptors (Lipinski definition) is 3. The topological polar surface area (TPSA) is 78.4 Å². The average Bonchev–Trinajstić information content (AvgIpc) is 2.97. The van der Waals surface area contributed by atoms with Gasteiger partial charge in [-0.25, -0.2) is 0 Å². The Morgan fingerprint density at radius 2 is 1.95 bits per heavy atom. The standard InChI is InChI=1S/C15H24N2O3/c1-14(13(19)20)4-2-3-11(14)17-12(18)10-9-15(10)5-7-16-8-6-15/h10-11,16H,2-9H2,1H3,(H,17,18)(H,19,20). The van der Waals surface area contributed by atoms with Crippen LogP contribution in [0.25, 0.3) is 0 Å². The number of piperidine rings is 1. The van der Waals surface area contributed by atoms with Crippen LogP contribution in [0, 0.1) is 16.7 Å². The average molecular weight is 280 g/mol. The molecule has 3 N–H and O–H groups in total. The maximum Gasteiger partial charge on any atom is 0.311 e. The maximum atomic E-state index is 12.4. The molecule has 0 radical (unpaired) electrons. The van der Waals surface area contributed by atoms with Crippen LogP contribution >= 0.6 is 0 Å². The summed E-state index contributed by atoms with van der Waals surface area (Å²) in [5.74, 6) is -0.581. The molecule has 0 aromatic heterocycles. The number of carboxylic acids is 1. The Hall–Kier alpha value is -1.10. The Morgan fingerprint density at radius 3 is 2.60 bits per heavy atom. The second-order valence-electron chi connectivity index (χ2n) is 7.05. The van der Waals surface area contributed by atoms with Gasteiger partial charge in [0.25, 0.3) is 0 Å². The van der Waals surface area contributed by atoms with Gasteiger partial charge in [-0.2, -0.15) is 0 Å². The van der Waals surface area contributed by atoms with Crippen molar-refractivity contribution >= 4 is 11.9 Å². The summed E-state index contributed by atoms with van der Waals surface area (Å²) in [6, 6.07) is -0.202. The third-order valence-electron chi connectivity index (χ3n) is 5.87. The van der Waals surface area contributed by atoms with Gasteiger partial charge in [0.05, 0.1) is 5.41 Å². The van der Waals surface area contributed by atoms with Gasteiger partial charge in [0.15, 0.2) is 0 Å². The minimum atomic E-state index is -0.786. The number of carbonyl (C=O) groups is 2. The highest BCUT2D eigenvalue weighted by Gasteiger charge is 2.58. The van der Waals surface area contributed by atoms with Crippen molar-refractivity contribution in [3.05, 3.63) is 0 Å². The minimum Gasteiger partial charge on any atom is -0.481 e. The molecule has 1 spiro atoms. The maximum absolute atomic E-state index is 12.4. The van der Waals surface area contributed by atoms with Gasteiger partial charge in [-0.15, -0.1) is 0 Å². The molecule has 1 amide bonds. The molecule has 112 valence electrons. The van der Waals surface area contributed by atoms with Crippen molar-refractivity contribution < 1.29 is 14.7 Å². The minimum absolute atomic E-state index is 0.0891. The normalized spacial score (nSPS) is 38.6. The van der Waals surface area contributed by atoms with Gasteiger partial charge in [0.2, 0.25) is 5.91 Å². The lowest BCUT2D eigenvalue weighted by atomic mass is 9.84. The third kappa shape index (κ3) is 2.12. The summed E-state index contributed by atoms with van der Waals surface area (Å²) in [5, 5.41) is 15.8. The van der Waals surface area contributed by atoms with E-state index >= 15 is 0 Å². The van der Waals surface area contributed by atoms with Crippen LogP contribution in [0.4, 0.5) is 0 Å². The molecule has 3 atom stereocenters. The highest BCUT2D eigenvalue weighted by molar-refractivity contribution is 5.84. The van der Waals surface area contributed by atoms with E-state index in [9.17, 15) is 14.7 Å². The van der Waals surface area contributed by atoms with Crippen molar-refractivity contribution in [2.45, 2.75) is 51.5 Å². The van der Waals surface area contributed by atoms with Crippen molar-refractivity contribution in [1.29, 1.82) is 0 Å². The molecule has 3 aliphatic rings. The zero-order chi connectivity index (χ0) is 14.4. The monoisotopic (exact) mass is 280 g/mol. The fourth-order valence-corrected chi connectivity index (χ4v) is 4.12. The Labute approximate surface area is 119 Å². The van der Waals surface area contributed by atoms with Crippen LogP contribution in [0.3, 0.4) is 0 Å². The first-order valence-corrected chi connectivity index (χ1v) is 7.72. The first-order chi connectivity index (χ1) is 9.48. The van der Waals surface area contributed by atoms with Crippen LogP contribution in [0.1, 0.15) is 45.4 Å². The van der Waals surface area contributed by atoms with Crippen LogP contribution in [-0.2, 0) is 9.59 Å². The Kier molecular flexibility index (Phi) is 3.27. The van der Waals surface area contributed by atoms with E-state index in [0.29, 0.717) is 6.42 Å². The zero-order valence-electron chi connectivity index (χ0n) is 12.1. The van der Waals surface area contributed by atoms with Crippen molar-refractivity contribution in [3.8, 4) is 0 Å². The van der Waals surface area contributed by atoms with E-state index in [-0.39, 0.29) is 23.3 Å². The highest BCUT2D eigenvalue weighted by Crippen LogP contribution is 2.58. The molecule has 20 heavy (non-hydrogen) atoms. The predicted octanol–water partition coefficient (Wildman–Crippen LogP) is 1.14. The van der Waals surface area contributed by atoms with Gasteiger partial charge in [-0.1, -0.05) is 6.42 Å². The third-order valence-corrected chi connectivity index (χ3v) is 5.87. The molecule has 1 heterocycles. The number of amides is 1. The molecule has 0 aromatic carbocycles. The number of hydrogen-bond donors (Lipinski definition) is 3. The van der Waals surface area contributed by atoms with Gasteiger partial charge in [0.1, 0.15) is 0 Å². The van der Waals surface area contributed by atoms with Crippen LogP contribution in [-0.4, -0.2) is 36.1 Å². The summed E-state index contributed by atoms with van der Waals surface area (Å²) in [5.41, 5.74) is -0.570. The van der Waals surface area contributed by atoms with E-state index in [1.165, 1.54) is 0 Å². The Morgan fingerprint density at radius 1 is 1.25 bits per heavy atom. The Balaban J connectivity index is 1.61. The number of aliphatic carboxylic acids is 1. The van der Waals surface area contributed by atoms with E-state index < -0.39 is 11.4 Å². The van der Waals surface area contributed by atoms with Crippen LogP contribution < -0.4 is 10.6 Å². The van der Waals surface area contributed by atoms with Crippen LogP contribution in [0.15, 0.2) is 0 Å². The van der Waals surface area contributed by atoms with Crippen molar-refractivity contribution in [2.75, 3.05) is 13.1 Å². The molecule has 3 rings (SSSR count). The second kappa shape index (κ2) is 4.72. The van der Waals surface area contributed by atoms with Crippen LogP contribution in [0.5, 0.6) is 0 Å². The zero-order valence-corrected chi connectivity index (χ0v) is 12.1. The molecule has 3 fully saturated rings. The molecule has 0 bridgehead atoms. The van der Waals surface area contributed by atoms with E-state index in [2.05, 4.69) is 10.6 Å². The number of carboxylic acid groups (broad SMARTS) is 1. The summed E-state index contributed by atoms with van der Waals surface area (Å²) < 4.78 is 0. The van der Waals surface area contributed by atoms with E-state index in [4.69, 9.17) is 0 Å². The molecule has 0 aromatic rings. The van der Waals surface area contributed by atoms with E-state index in [1.54, 1.807) is 6.92 Å². The molecule has 2 aliphatic carbocycles. The second-order valence-corrected chi connectivity index (χ2v) is 7.05. The lowest BCUT2D eigenvalue weighted by Gasteiger charge is -2.29. The molecular weight excluding hydrogens is 256 g/mol. The Bertz CT molecular complexity index is 431. The fourth-order valence-electron chi connectivity index (χ4n) is 4.12. The van der Waals surface area contributed by atoms with Crippen molar-refractivity contribution in [1.82, 2.24) is 10.6 Å². The summed E-state index contributed by atoms with van der Waals surface area (Å²) >= 11 is 0. The van der Waals surface area contributed by atoms with Gasteiger partial charge in [-0.3, -0.25) is 9.59 Å². The predicted molar refractivity (Wildman–Crippen MR) is 74.2 cm³/mol. The largest absolute Gasteiger partial charge is 0.481 e. The summed E-state index contributed by atoms with van der Waals surface area (Å²) in [4.78, 5) is 23.9. The first-order valence-electron chi connectivity index (χ1n) is 7.72. The lowest BCUT2D eigenvalue weighted by Crippen LogP contribution is -2.48. The SMILES string of the molecule is CC1(C(=O)O)CCCC1NC(=O)C1CC12CCNCC2. The smallest absolute Gasteiger partial charge is 0.311 e. The van der Waals surface area contributed by atoms with Crippen molar-refractivity contribution in [3.63, 3.8) is 0 Å². The van der Waals surface area contributed by atoms with Crippen LogP contribution in [0.2, 0.25) is 0 Å². The van der Waals surface area contributed by atoms with E-state index in [0.717, 1.165) is 45.2 Å².